The van der Waals surface area contributed by atoms with Gasteiger partial charge in [0.15, 0.2) is 5.78 Å². The fourth-order valence-electron chi connectivity index (χ4n) is 1.47. The van der Waals surface area contributed by atoms with E-state index in [0.717, 1.165) is 0 Å². The lowest BCUT2D eigenvalue weighted by Crippen LogP contribution is -2.07. The maximum Gasteiger partial charge on any atom is 0.303 e. The Morgan fingerprint density at radius 1 is 0.944 bits per heavy atom. The van der Waals surface area contributed by atoms with Crippen molar-refractivity contribution in [1.29, 1.82) is 0 Å². The van der Waals surface area contributed by atoms with Crippen LogP contribution in [0.3, 0.4) is 0 Å². The Morgan fingerprint density at radius 3 is 2.17 bits per heavy atom. The number of para-hydroxylation sites is 1. The van der Waals surface area contributed by atoms with Gasteiger partial charge in [-0.1, -0.05) is 12.1 Å². The summed E-state index contributed by atoms with van der Waals surface area (Å²) >= 11 is 0. The van der Waals surface area contributed by atoms with Crippen molar-refractivity contribution < 1.29 is 24.6 Å². The lowest BCUT2D eigenvalue weighted by molar-refractivity contribution is -0.138. The van der Waals surface area contributed by atoms with Crippen LogP contribution in [-0.4, -0.2) is 27.7 Å². The Kier molecular flexibility index (Phi) is 5.05. The molecule has 0 fully saturated rings. The third kappa shape index (κ3) is 4.37. The molecule has 2 N–H and O–H groups in total. The fraction of sp³-hybridized carbons (Fsp3) is 0.308. The van der Waals surface area contributed by atoms with Crippen molar-refractivity contribution >= 4 is 17.5 Å². The van der Waals surface area contributed by atoms with Crippen LogP contribution in [0.25, 0.3) is 0 Å². The summed E-state index contributed by atoms with van der Waals surface area (Å²) in [6.07, 6.45) is -0.302. The number of carboxylic acid groups (broad SMARTS) is 1. The van der Waals surface area contributed by atoms with E-state index in [1.165, 1.54) is 12.1 Å². The van der Waals surface area contributed by atoms with Crippen molar-refractivity contribution in [3.8, 4) is 5.75 Å². The predicted molar refractivity (Wildman–Crippen MR) is 63.5 cm³/mol. The van der Waals surface area contributed by atoms with Crippen LogP contribution in [0.1, 0.15) is 36.0 Å². The van der Waals surface area contributed by atoms with E-state index in [1.54, 1.807) is 12.1 Å². The van der Waals surface area contributed by atoms with Crippen LogP contribution in [0, 0.1) is 0 Å². The normalized spacial score (nSPS) is 10.0. The number of phenolic OH excluding ortho intramolecular Hbond substituents is 1. The van der Waals surface area contributed by atoms with Crippen LogP contribution >= 0.6 is 0 Å². The minimum atomic E-state index is -1.03. The molecule has 1 aromatic rings. The third-order valence-corrected chi connectivity index (χ3v) is 2.45. The first-order valence-electron chi connectivity index (χ1n) is 5.55. The number of Topliss-reactive ketones (excluding diaryl/α,β-unsaturated/α-hetero) is 2. The van der Waals surface area contributed by atoms with Crippen molar-refractivity contribution in [3.63, 3.8) is 0 Å². The van der Waals surface area contributed by atoms with E-state index in [1.807, 2.05) is 0 Å². The Morgan fingerprint density at radius 2 is 1.56 bits per heavy atom. The molecule has 0 aromatic heterocycles. The van der Waals surface area contributed by atoms with Gasteiger partial charge in [0.25, 0.3) is 0 Å². The number of carboxylic acids is 1. The molecule has 0 unspecified atom stereocenters. The summed E-state index contributed by atoms with van der Waals surface area (Å²) in [5.74, 6) is -1.73. The monoisotopic (exact) mass is 250 g/mol. The maximum absolute atomic E-state index is 11.7. The van der Waals surface area contributed by atoms with E-state index in [9.17, 15) is 19.5 Å². The van der Waals surface area contributed by atoms with Crippen LogP contribution in [0.5, 0.6) is 5.75 Å². The number of ketones is 2. The zero-order valence-corrected chi connectivity index (χ0v) is 9.76. The van der Waals surface area contributed by atoms with E-state index in [2.05, 4.69) is 0 Å². The van der Waals surface area contributed by atoms with Gasteiger partial charge in [0, 0.05) is 19.3 Å². The lowest BCUT2D eigenvalue weighted by Gasteiger charge is -2.02. The number of rotatable bonds is 7. The predicted octanol–water partition coefficient (Wildman–Crippen LogP) is 1.79. The van der Waals surface area contributed by atoms with Gasteiger partial charge in [-0.15, -0.1) is 0 Å². The lowest BCUT2D eigenvalue weighted by atomic mass is 10.0. The van der Waals surface area contributed by atoms with Gasteiger partial charge in [0.05, 0.1) is 12.0 Å². The van der Waals surface area contributed by atoms with Gasteiger partial charge in [-0.25, -0.2) is 0 Å². The van der Waals surface area contributed by atoms with Gasteiger partial charge >= 0.3 is 5.97 Å². The average molecular weight is 250 g/mol. The molecule has 5 nitrogen and oxygen atoms in total. The molecule has 0 aliphatic heterocycles. The summed E-state index contributed by atoms with van der Waals surface area (Å²) in [6.45, 7) is 0. The highest BCUT2D eigenvalue weighted by atomic mass is 16.4. The third-order valence-electron chi connectivity index (χ3n) is 2.45. The zero-order valence-electron chi connectivity index (χ0n) is 9.76. The van der Waals surface area contributed by atoms with E-state index in [-0.39, 0.29) is 48.6 Å². The summed E-state index contributed by atoms with van der Waals surface area (Å²) in [4.78, 5) is 33.2. The number of carbonyl (C=O) groups excluding carboxylic acids is 2. The summed E-state index contributed by atoms with van der Waals surface area (Å²) in [6, 6.07) is 6.11. The molecule has 0 saturated carbocycles. The largest absolute Gasteiger partial charge is 0.507 e. The second-order valence-electron chi connectivity index (χ2n) is 3.87. The second kappa shape index (κ2) is 6.54. The molecule has 0 aliphatic rings. The minimum Gasteiger partial charge on any atom is -0.507 e. The van der Waals surface area contributed by atoms with E-state index < -0.39 is 5.97 Å². The quantitative estimate of drug-likeness (QED) is 0.720. The molecule has 1 aromatic carbocycles. The van der Waals surface area contributed by atoms with E-state index in [0.29, 0.717) is 0 Å². The average Bonchev–Trinajstić information content (AvgIpc) is 2.34. The molecular formula is C13H14O5. The number of benzene rings is 1. The topological polar surface area (TPSA) is 91.7 Å². The number of aliphatic carboxylic acids is 1. The van der Waals surface area contributed by atoms with Crippen molar-refractivity contribution in [2.45, 2.75) is 25.7 Å². The molecule has 0 spiro atoms. The Hall–Kier alpha value is -2.17. The molecule has 0 radical (unpaired) electrons. The SMILES string of the molecule is O=C(O)CCC(=O)CCC(=O)c1ccccc1O. The van der Waals surface area contributed by atoms with Gasteiger partial charge in [-0.05, 0) is 12.1 Å². The van der Waals surface area contributed by atoms with E-state index in [4.69, 9.17) is 5.11 Å². The number of hydrogen-bond acceptors (Lipinski definition) is 4. The fourth-order valence-corrected chi connectivity index (χ4v) is 1.47. The van der Waals surface area contributed by atoms with Crippen molar-refractivity contribution in [2.24, 2.45) is 0 Å². The van der Waals surface area contributed by atoms with Gasteiger partial charge in [-0.2, -0.15) is 0 Å². The first kappa shape index (κ1) is 13.9. The first-order chi connectivity index (χ1) is 8.50. The highest BCUT2D eigenvalue weighted by Gasteiger charge is 2.13. The van der Waals surface area contributed by atoms with Crippen LogP contribution < -0.4 is 0 Å². The first-order valence-corrected chi connectivity index (χ1v) is 5.55. The molecule has 1 rings (SSSR count). The van der Waals surface area contributed by atoms with Crippen LogP contribution in [-0.2, 0) is 9.59 Å². The second-order valence-corrected chi connectivity index (χ2v) is 3.87. The van der Waals surface area contributed by atoms with Crippen molar-refractivity contribution in [3.05, 3.63) is 29.8 Å². The summed E-state index contributed by atoms with van der Waals surface area (Å²) in [5.41, 5.74) is 0.184. The molecule has 0 atom stereocenters. The van der Waals surface area contributed by atoms with Gasteiger partial charge in [0.1, 0.15) is 11.5 Å². The Bertz CT molecular complexity index is 464. The standard InChI is InChI=1S/C13H14O5/c14-9(6-8-13(17)18)5-7-12(16)10-3-1-2-4-11(10)15/h1-4,15H,5-8H2,(H,17,18). The van der Waals surface area contributed by atoms with Gasteiger partial charge in [0.2, 0.25) is 0 Å². The molecule has 0 amide bonds. The summed E-state index contributed by atoms with van der Waals surface area (Å²) in [7, 11) is 0. The molecule has 96 valence electrons. The summed E-state index contributed by atoms with van der Waals surface area (Å²) in [5, 5.41) is 17.8. The Labute approximate surface area is 104 Å². The maximum atomic E-state index is 11.7. The van der Waals surface area contributed by atoms with Crippen LogP contribution in [0.2, 0.25) is 0 Å². The number of aromatic hydroxyl groups is 1. The highest BCUT2D eigenvalue weighted by molar-refractivity contribution is 6.00. The molecule has 0 bridgehead atoms. The molecule has 5 heteroatoms. The minimum absolute atomic E-state index is 0.000444. The number of phenols is 1. The van der Waals surface area contributed by atoms with Gasteiger partial charge in [-0.3, -0.25) is 14.4 Å². The summed E-state index contributed by atoms with van der Waals surface area (Å²) < 4.78 is 0. The van der Waals surface area contributed by atoms with Gasteiger partial charge < -0.3 is 10.2 Å². The molecule has 0 saturated heterocycles. The van der Waals surface area contributed by atoms with Crippen molar-refractivity contribution in [1.82, 2.24) is 0 Å². The smallest absolute Gasteiger partial charge is 0.303 e. The van der Waals surface area contributed by atoms with Crippen molar-refractivity contribution in [2.75, 3.05) is 0 Å². The molecular weight excluding hydrogens is 236 g/mol. The molecule has 0 heterocycles. The molecule has 18 heavy (non-hydrogen) atoms. The zero-order chi connectivity index (χ0) is 13.5. The molecule has 0 aliphatic carbocycles. The number of carbonyl (C=O) groups is 3. The Balaban J connectivity index is 2.45. The van der Waals surface area contributed by atoms with Crippen LogP contribution in [0.15, 0.2) is 24.3 Å². The van der Waals surface area contributed by atoms with Crippen LogP contribution in [0.4, 0.5) is 0 Å². The highest BCUT2D eigenvalue weighted by Crippen LogP contribution is 2.18. The van der Waals surface area contributed by atoms with E-state index >= 15 is 0 Å². The number of hydrogen-bond donors (Lipinski definition) is 2.